The summed E-state index contributed by atoms with van der Waals surface area (Å²) in [6.45, 7) is -0.202. The SMILES string of the molecule is COc1cc(/C=N\NC(=O)COc2ccc(Cl)cc2)ccc1OC(=O)c1ccccc1Br. The first-order chi connectivity index (χ1) is 15.5. The van der Waals surface area contributed by atoms with E-state index in [0.29, 0.717) is 32.1 Å². The lowest BCUT2D eigenvalue weighted by Crippen LogP contribution is -2.24. The molecule has 0 radical (unpaired) electrons. The molecule has 32 heavy (non-hydrogen) atoms. The van der Waals surface area contributed by atoms with E-state index in [9.17, 15) is 9.59 Å². The van der Waals surface area contributed by atoms with Crippen molar-refractivity contribution in [1.82, 2.24) is 5.43 Å². The zero-order valence-electron chi connectivity index (χ0n) is 16.9. The molecule has 3 aromatic carbocycles. The van der Waals surface area contributed by atoms with Gasteiger partial charge in [-0.3, -0.25) is 4.79 Å². The van der Waals surface area contributed by atoms with Gasteiger partial charge in [0.15, 0.2) is 18.1 Å². The van der Waals surface area contributed by atoms with Crippen molar-refractivity contribution in [3.63, 3.8) is 0 Å². The highest BCUT2D eigenvalue weighted by molar-refractivity contribution is 9.10. The molecule has 0 saturated carbocycles. The second kappa shape index (κ2) is 11.3. The second-order valence-corrected chi connectivity index (χ2v) is 7.61. The van der Waals surface area contributed by atoms with Gasteiger partial charge in [0.25, 0.3) is 5.91 Å². The van der Waals surface area contributed by atoms with Crippen LogP contribution in [-0.2, 0) is 4.79 Å². The number of methoxy groups -OCH3 is 1. The Hall–Kier alpha value is -3.36. The van der Waals surface area contributed by atoms with E-state index in [2.05, 4.69) is 26.5 Å². The molecule has 0 bridgehead atoms. The minimum Gasteiger partial charge on any atom is -0.493 e. The van der Waals surface area contributed by atoms with E-state index in [4.69, 9.17) is 25.8 Å². The number of hydrogen-bond acceptors (Lipinski definition) is 6. The Kier molecular flexibility index (Phi) is 8.24. The quantitative estimate of drug-likeness (QED) is 0.200. The number of hydrogen-bond donors (Lipinski definition) is 1. The first kappa shape index (κ1) is 23.3. The Morgan fingerprint density at radius 3 is 2.53 bits per heavy atom. The zero-order chi connectivity index (χ0) is 22.9. The van der Waals surface area contributed by atoms with E-state index in [-0.39, 0.29) is 12.4 Å². The molecule has 0 spiro atoms. The van der Waals surface area contributed by atoms with Crippen molar-refractivity contribution >= 4 is 45.6 Å². The third-order valence-electron chi connectivity index (χ3n) is 4.07. The zero-order valence-corrected chi connectivity index (χ0v) is 19.2. The summed E-state index contributed by atoms with van der Waals surface area (Å²) in [6.07, 6.45) is 1.43. The van der Waals surface area contributed by atoms with Gasteiger partial charge in [0, 0.05) is 9.50 Å². The van der Waals surface area contributed by atoms with E-state index < -0.39 is 11.9 Å². The molecular weight excluding hydrogens is 500 g/mol. The fourth-order valence-electron chi connectivity index (χ4n) is 2.52. The molecule has 3 aromatic rings. The first-order valence-corrected chi connectivity index (χ1v) is 10.5. The van der Waals surface area contributed by atoms with Gasteiger partial charge in [0.1, 0.15) is 5.75 Å². The van der Waals surface area contributed by atoms with Gasteiger partial charge in [0.2, 0.25) is 0 Å². The summed E-state index contributed by atoms with van der Waals surface area (Å²) < 4.78 is 16.7. The van der Waals surface area contributed by atoms with Crippen molar-refractivity contribution in [1.29, 1.82) is 0 Å². The molecule has 0 unspecified atom stereocenters. The molecule has 0 aromatic heterocycles. The van der Waals surface area contributed by atoms with Crippen LogP contribution in [0.2, 0.25) is 5.02 Å². The third-order valence-corrected chi connectivity index (χ3v) is 5.01. The topological polar surface area (TPSA) is 86.2 Å². The van der Waals surface area contributed by atoms with Crippen LogP contribution in [0.5, 0.6) is 17.2 Å². The molecule has 0 aliphatic carbocycles. The maximum Gasteiger partial charge on any atom is 0.344 e. The van der Waals surface area contributed by atoms with Crippen molar-refractivity contribution < 1.29 is 23.8 Å². The number of amides is 1. The normalized spacial score (nSPS) is 10.6. The van der Waals surface area contributed by atoms with Gasteiger partial charge in [0.05, 0.1) is 18.9 Å². The van der Waals surface area contributed by atoms with E-state index in [1.165, 1.54) is 13.3 Å². The molecule has 0 aliphatic heterocycles. The monoisotopic (exact) mass is 516 g/mol. The molecule has 0 heterocycles. The van der Waals surface area contributed by atoms with Gasteiger partial charge in [-0.1, -0.05) is 23.7 Å². The lowest BCUT2D eigenvalue weighted by atomic mass is 10.2. The maximum atomic E-state index is 12.4. The van der Waals surface area contributed by atoms with Crippen LogP contribution in [0.15, 0.2) is 76.3 Å². The summed E-state index contributed by atoms with van der Waals surface area (Å²) in [6, 6.07) is 18.5. The number of carbonyl (C=O) groups is 2. The van der Waals surface area contributed by atoms with Crippen molar-refractivity contribution in [3.8, 4) is 17.2 Å². The lowest BCUT2D eigenvalue weighted by Gasteiger charge is -2.10. The van der Waals surface area contributed by atoms with Crippen LogP contribution in [0.4, 0.5) is 0 Å². The van der Waals surface area contributed by atoms with E-state index in [1.54, 1.807) is 66.7 Å². The number of nitrogens with one attached hydrogen (secondary N) is 1. The molecule has 3 rings (SSSR count). The molecule has 7 nitrogen and oxygen atoms in total. The number of hydrazone groups is 1. The van der Waals surface area contributed by atoms with Gasteiger partial charge in [-0.15, -0.1) is 0 Å². The number of ether oxygens (including phenoxy) is 3. The highest BCUT2D eigenvalue weighted by atomic mass is 79.9. The summed E-state index contributed by atoms with van der Waals surface area (Å²) in [5.41, 5.74) is 3.39. The molecule has 0 aliphatic rings. The smallest absolute Gasteiger partial charge is 0.344 e. The highest BCUT2D eigenvalue weighted by Gasteiger charge is 2.15. The minimum atomic E-state index is -0.523. The van der Waals surface area contributed by atoms with Crippen LogP contribution in [0.1, 0.15) is 15.9 Å². The molecule has 0 atom stereocenters. The summed E-state index contributed by atoms with van der Waals surface area (Å²) in [4.78, 5) is 24.3. The van der Waals surface area contributed by atoms with Crippen molar-refractivity contribution in [2.45, 2.75) is 0 Å². The van der Waals surface area contributed by atoms with Gasteiger partial charge >= 0.3 is 5.97 Å². The molecule has 164 valence electrons. The third kappa shape index (κ3) is 6.57. The average Bonchev–Trinajstić information content (AvgIpc) is 2.79. The Labute approximate surface area is 198 Å². The van der Waals surface area contributed by atoms with Gasteiger partial charge in [-0.2, -0.15) is 5.10 Å². The number of rotatable bonds is 8. The lowest BCUT2D eigenvalue weighted by molar-refractivity contribution is -0.123. The number of nitrogens with zero attached hydrogens (tertiary/aromatic N) is 1. The van der Waals surface area contributed by atoms with Crippen LogP contribution in [0.25, 0.3) is 0 Å². The largest absolute Gasteiger partial charge is 0.493 e. The first-order valence-electron chi connectivity index (χ1n) is 9.31. The summed E-state index contributed by atoms with van der Waals surface area (Å²) >= 11 is 9.13. The molecule has 1 amide bonds. The summed E-state index contributed by atoms with van der Waals surface area (Å²) in [5.74, 6) is 0.163. The van der Waals surface area contributed by atoms with Crippen LogP contribution in [0, 0.1) is 0 Å². The highest BCUT2D eigenvalue weighted by Crippen LogP contribution is 2.29. The molecule has 0 fully saturated rings. The number of esters is 1. The molecular formula is C23H18BrClN2O5. The Morgan fingerprint density at radius 1 is 1.06 bits per heavy atom. The molecule has 0 saturated heterocycles. The maximum absolute atomic E-state index is 12.4. The standard InChI is InChI=1S/C23H18BrClN2O5/c1-30-21-12-15(6-11-20(21)32-23(29)18-4-2-3-5-19(18)24)13-26-27-22(28)14-31-17-9-7-16(25)8-10-17/h2-13H,14H2,1H3,(H,27,28)/b26-13-. The second-order valence-electron chi connectivity index (χ2n) is 6.32. The summed E-state index contributed by atoms with van der Waals surface area (Å²) in [7, 11) is 1.46. The number of carbonyl (C=O) groups excluding carboxylic acids is 2. The van der Waals surface area contributed by atoms with Gasteiger partial charge < -0.3 is 14.2 Å². The van der Waals surface area contributed by atoms with Gasteiger partial charge in [-0.05, 0) is 76.1 Å². The van der Waals surface area contributed by atoms with Crippen molar-refractivity contribution in [2.24, 2.45) is 5.10 Å². The van der Waals surface area contributed by atoms with Crippen molar-refractivity contribution in [2.75, 3.05) is 13.7 Å². The Balaban J connectivity index is 1.57. The van der Waals surface area contributed by atoms with Crippen LogP contribution in [0.3, 0.4) is 0 Å². The number of benzene rings is 3. The minimum absolute atomic E-state index is 0.202. The van der Waals surface area contributed by atoms with E-state index >= 15 is 0 Å². The van der Waals surface area contributed by atoms with Gasteiger partial charge in [-0.25, -0.2) is 10.2 Å². The summed E-state index contributed by atoms with van der Waals surface area (Å²) in [5, 5.41) is 4.48. The average molecular weight is 518 g/mol. The predicted molar refractivity (Wildman–Crippen MR) is 125 cm³/mol. The molecule has 9 heteroatoms. The number of halogens is 2. The predicted octanol–water partition coefficient (Wildman–Crippen LogP) is 4.86. The van der Waals surface area contributed by atoms with Crippen LogP contribution < -0.4 is 19.6 Å². The van der Waals surface area contributed by atoms with Crippen LogP contribution >= 0.6 is 27.5 Å². The van der Waals surface area contributed by atoms with Crippen LogP contribution in [-0.4, -0.2) is 31.8 Å². The fourth-order valence-corrected chi connectivity index (χ4v) is 3.09. The molecule has 1 N–H and O–H groups in total. The fraction of sp³-hybridized carbons (Fsp3) is 0.0870. The van der Waals surface area contributed by atoms with E-state index in [0.717, 1.165) is 0 Å². The Morgan fingerprint density at radius 2 is 1.81 bits per heavy atom. The van der Waals surface area contributed by atoms with Crippen molar-refractivity contribution in [3.05, 3.63) is 87.4 Å². The Bertz CT molecular complexity index is 1140. The van der Waals surface area contributed by atoms with E-state index in [1.807, 2.05) is 0 Å².